The number of aliphatic hydroxyl groups excluding tert-OH is 1. The molecule has 0 aliphatic carbocycles. The minimum atomic E-state index is -0.0371. The maximum Gasteiger partial charge on any atom is 0.0499 e. The highest BCUT2D eigenvalue weighted by molar-refractivity contribution is 5.48. The Morgan fingerprint density at radius 2 is 2.25 bits per heavy atom. The van der Waals surface area contributed by atoms with Gasteiger partial charge in [-0.25, -0.2) is 0 Å². The largest absolute Gasteiger partial charge is 0.396 e. The van der Waals surface area contributed by atoms with Gasteiger partial charge in [-0.1, -0.05) is 36.9 Å². The second-order valence-corrected chi connectivity index (χ2v) is 2.75. The molecular weight excluding hydrogens is 148 g/mol. The summed E-state index contributed by atoms with van der Waals surface area (Å²) in [6.45, 7) is 7.58. The van der Waals surface area contributed by atoms with E-state index in [4.69, 9.17) is 5.11 Å². The predicted octanol–water partition coefficient (Wildman–Crippen LogP) is 2.24. The van der Waals surface area contributed by atoms with Gasteiger partial charge in [0.05, 0.1) is 0 Å². The maximum absolute atomic E-state index is 8.86. The molecule has 63 valence electrons. The number of benzene rings is 1. The van der Waals surface area contributed by atoms with Crippen molar-refractivity contribution < 1.29 is 5.11 Å². The van der Waals surface area contributed by atoms with Gasteiger partial charge in [-0.05, 0) is 18.1 Å². The van der Waals surface area contributed by atoms with Crippen molar-refractivity contribution >= 4 is 6.08 Å². The van der Waals surface area contributed by atoms with Crippen LogP contribution in [0.15, 0.2) is 30.8 Å². The first-order chi connectivity index (χ1) is 5.77. The summed E-state index contributed by atoms with van der Waals surface area (Å²) in [6.07, 6.45) is 1.79. The predicted molar refractivity (Wildman–Crippen MR) is 51.7 cm³/mol. The van der Waals surface area contributed by atoms with Crippen LogP contribution in [0.4, 0.5) is 0 Å². The highest BCUT2D eigenvalue weighted by atomic mass is 16.3. The summed E-state index contributed by atoms with van der Waals surface area (Å²) in [6, 6.07) is 7.86. The zero-order valence-corrected chi connectivity index (χ0v) is 7.03. The van der Waals surface area contributed by atoms with Gasteiger partial charge < -0.3 is 5.11 Å². The molecule has 1 aromatic carbocycles. The van der Waals surface area contributed by atoms with Crippen LogP contribution in [-0.2, 0) is 0 Å². The van der Waals surface area contributed by atoms with E-state index in [-0.39, 0.29) is 12.5 Å². The SMILES string of the molecule is [CH2]C(CO)c1cccc(C=C)c1. The molecule has 0 aliphatic heterocycles. The zero-order valence-electron chi connectivity index (χ0n) is 7.03. The van der Waals surface area contributed by atoms with Crippen molar-refractivity contribution in [3.63, 3.8) is 0 Å². The first-order valence-electron chi connectivity index (χ1n) is 3.94. The van der Waals surface area contributed by atoms with Crippen LogP contribution in [0.1, 0.15) is 17.0 Å². The van der Waals surface area contributed by atoms with E-state index >= 15 is 0 Å². The molecule has 0 saturated carbocycles. The minimum absolute atomic E-state index is 0.0371. The molecule has 1 heteroatoms. The van der Waals surface area contributed by atoms with Gasteiger partial charge in [-0.2, -0.15) is 0 Å². The van der Waals surface area contributed by atoms with E-state index in [1.807, 2.05) is 24.3 Å². The summed E-state index contributed by atoms with van der Waals surface area (Å²) in [5.41, 5.74) is 2.12. The van der Waals surface area contributed by atoms with Gasteiger partial charge in [0.1, 0.15) is 0 Å². The number of rotatable bonds is 3. The average molecular weight is 161 g/mol. The smallest absolute Gasteiger partial charge is 0.0499 e. The molecule has 0 heterocycles. The van der Waals surface area contributed by atoms with Gasteiger partial charge >= 0.3 is 0 Å². The fraction of sp³-hybridized carbons (Fsp3) is 0.182. The van der Waals surface area contributed by atoms with Gasteiger partial charge in [-0.3, -0.25) is 0 Å². The second kappa shape index (κ2) is 4.07. The molecule has 0 spiro atoms. The van der Waals surface area contributed by atoms with Crippen LogP contribution in [-0.4, -0.2) is 11.7 Å². The molecule has 0 amide bonds. The molecule has 0 aromatic heterocycles. The Hall–Kier alpha value is -1.08. The third-order valence-corrected chi connectivity index (χ3v) is 1.84. The van der Waals surface area contributed by atoms with Crippen LogP contribution in [0.3, 0.4) is 0 Å². The third kappa shape index (κ3) is 1.95. The van der Waals surface area contributed by atoms with E-state index in [0.717, 1.165) is 11.1 Å². The van der Waals surface area contributed by atoms with Crippen molar-refractivity contribution in [3.8, 4) is 0 Å². The molecule has 1 rings (SSSR count). The molecule has 1 aromatic rings. The molecule has 1 nitrogen and oxygen atoms in total. The van der Waals surface area contributed by atoms with Crippen molar-refractivity contribution in [1.82, 2.24) is 0 Å². The van der Waals surface area contributed by atoms with Crippen molar-refractivity contribution in [3.05, 3.63) is 48.9 Å². The first kappa shape index (κ1) is 9.01. The summed E-state index contributed by atoms with van der Waals surface area (Å²) in [4.78, 5) is 0. The van der Waals surface area contributed by atoms with E-state index < -0.39 is 0 Å². The van der Waals surface area contributed by atoms with Crippen molar-refractivity contribution in [2.24, 2.45) is 0 Å². The highest BCUT2D eigenvalue weighted by Crippen LogP contribution is 2.15. The molecule has 1 N–H and O–H groups in total. The lowest BCUT2D eigenvalue weighted by Crippen LogP contribution is -1.98. The van der Waals surface area contributed by atoms with Crippen LogP contribution >= 0.6 is 0 Å². The Balaban J connectivity index is 2.93. The Kier molecular flexibility index (Phi) is 3.06. The van der Waals surface area contributed by atoms with Gasteiger partial charge in [0, 0.05) is 12.5 Å². The van der Waals surface area contributed by atoms with E-state index in [1.54, 1.807) is 6.08 Å². The summed E-state index contributed by atoms with van der Waals surface area (Å²) in [7, 11) is 0. The van der Waals surface area contributed by atoms with E-state index in [1.165, 1.54) is 0 Å². The minimum Gasteiger partial charge on any atom is -0.396 e. The molecule has 0 fully saturated rings. The van der Waals surface area contributed by atoms with Crippen LogP contribution in [0.2, 0.25) is 0 Å². The topological polar surface area (TPSA) is 20.2 Å². The monoisotopic (exact) mass is 161 g/mol. The molecule has 0 aliphatic rings. The van der Waals surface area contributed by atoms with Crippen LogP contribution < -0.4 is 0 Å². The van der Waals surface area contributed by atoms with E-state index in [2.05, 4.69) is 13.5 Å². The molecule has 0 bridgehead atoms. The summed E-state index contributed by atoms with van der Waals surface area (Å²) < 4.78 is 0. The number of hydrogen-bond acceptors (Lipinski definition) is 1. The van der Waals surface area contributed by atoms with E-state index in [0.29, 0.717) is 0 Å². The summed E-state index contributed by atoms with van der Waals surface area (Å²) in [5, 5.41) is 8.86. The Labute approximate surface area is 73.4 Å². The molecule has 1 atom stereocenters. The molecule has 1 unspecified atom stereocenters. The van der Waals surface area contributed by atoms with Gasteiger partial charge in [-0.15, -0.1) is 0 Å². The van der Waals surface area contributed by atoms with Crippen LogP contribution in [0.25, 0.3) is 6.08 Å². The first-order valence-corrected chi connectivity index (χ1v) is 3.94. The number of aliphatic hydroxyl groups is 1. The van der Waals surface area contributed by atoms with Crippen molar-refractivity contribution in [2.45, 2.75) is 5.92 Å². The van der Waals surface area contributed by atoms with Crippen molar-refractivity contribution in [2.75, 3.05) is 6.61 Å². The highest BCUT2D eigenvalue weighted by Gasteiger charge is 2.02. The molecule has 0 saturated heterocycles. The summed E-state index contributed by atoms with van der Waals surface area (Å²) >= 11 is 0. The normalized spacial score (nSPS) is 12.5. The average Bonchev–Trinajstić information content (AvgIpc) is 2.17. The lowest BCUT2D eigenvalue weighted by Gasteiger charge is -2.07. The number of hydrogen-bond donors (Lipinski definition) is 1. The standard InChI is InChI=1S/C11H13O/c1-3-10-5-4-6-11(7-10)9(2)8-12/h3-7,9,12H,1-2,8H2. The fourth-order valence-corrected chi connectivity index (χ4v) is 1.05. The van der Waals surface area contributed by atoms with Gasteiger partial charge in [0.2, 0.25) is 0 Å². The molecule has 1 radical (unpaired) electrons. The lowest BCUT2D eigenvalue weighted by molar-refractivity contribution is 0.282. The fourth-order valence-electron chi connectivity index (χ4n) is 1.05. The lowest BCUT2D eigenvalue weighted by atomic mass is 10.00. The Bertz CT molecular complexity index is 265. The zero-order chi connectivity index (χ0) is 8.97. The quantitative estimate of drug-likeness (QED) is 0.720. The second-order valence-electron chi connectivity index (χ2n) is 2.75. The third-order valence-electron chi connectivity index (χ3n) is 1.84. The van der Waals surface area contributed by atoms with E-state index in [9.17, 15) is 0 Å². The van der Waals surface area contributed by atoms with Crippen LogP contribution in [0.5, 0.6) is 0 Å². The Morgan fingerprint density at radius 3 is 2.83 bits per heavy atom. The van der Waals surface area contributed by atoms with Gasteiger partial charge in [0.25, 0.3) is 0 Å². The Morgan fingerprint density at radius 1 is 1.50 bits per heavy atom. The van der Waals surface area contributed by atoms with Crippen molar-refractivity contribution in [1.29, 1.82) is 0 Å². The molecular formula is C11H13O. The molecule has 12 heavy (non-hydrogen) atoms. The van der Waals surface area contributed by atoms with Crippen LogP contribution in [0, 0.1) is 6.92 Å². The maximum atomic E-state index is 8.86. The van der Waals surface area contributed by atoms with Gasteiger partial charge in [0.15, 0.2) is 0 Å². The summed E-state index contributed by atoms with van der Waals surface area (Å²) in [5.74, 6) is -0.0371.